The Balaban J connectivity index is 3.58. The Hall–Kier alpha value is -1.93. The minimum atomic E-state index is -1.95. The number of amides is 1. The highest BCUT2D eigenvalue weighted by atomic mass is 32.1. The summed E-state index contributed by atoms with van der Waals surface area (Å²) in [6.07, 6.45) is 0. The highest BCUT2D eigenvalue weighted by Crippen LogP contribution is 2.30. The summed E-state index contributed by atoms with van der Waals surface area (Å²) in [5.41, 5.74) is 5.08. The van der Waals surface area contributed by atoms with Crippen LogP contribution in [0.5, 0.6) is 0 Å². The average Bonchev–Trinajstić information content (AvgIpc) is 2.33. The lowest BCUT2D eigenvalue weighted by atomic mass is 10.1. The molecule has 0 saturated carbocycles. The van der Waals surface area contributed by atoms with Crippen LogP contribution in [-0.2, 0) is 0 Å². The fourth-order valence-electron chi connectivity index (χ4n) is 1.11. The standard InChI is InChI=1S/C8H4F4N4OS/c9-3-2(8(17)14-1-18)4(10)6(12)7(5(3)11)15-16-13/h18H,1H2,(H,14,17). The molecule has 0 aliphatic rings. The van der Waals surface area contributed by atoms with E-state index in [0.29, 0.717) is 0 Å². The second kappa shape index (κ2) is 5.61. The van der Waals surface area contributed by atoms with Crippen LogP contribution in [0.25, 0.3) is 10.4 Å². The minimum absolute atomic E-state index is 0.293. The summed E-state index contributed by atoms with van der Waals surface area (Å²) in [5.74, 6) is -9.47. The van der Waals surface area contributed by atoms with Gasteiger partial charge in [-0.2, -0.15) is 12.6 Å². The number of hydrogen-bond donors (Lipinski definition) is 2. The molecule has 0 aromatic heterocycles. The lowest BCUT2D eigenvalue weighted by Crippen LogP contribution is -2.25. The number of azide groups is 1. The van der Waals surface area contributed by atoms with Crippen molar-refractivity contribution in [2.24, 2.45) is 5.11 Å². The predicted molar refractivity (Wildman–Crippen MR) is 56.4 cm³/mol. The molecule has 0 radical (unpaired) electrons. The van der Waals surface area contributed by atoms with Crippen LogP contribution < -0.4 is 5.32 Å². The summed E-state index contributed by atoms with van der Waals surface area (Å²) in [5, 5.41) is 4.34. The first-order valence-corrected chi connectivity index (χ1v) is 4.89. The van der Waals surface area contributed by atoms with Gasteiger partial charge in [0.25, 0.3) is 5.91 Å². The van der Waals surface area contributed by atoms with Gasteiger partial charge in [0.2, 0.25) is 0 Å². The van der Waals surface area contributed by atoms with Crippen LogP contribution in [-0.4, -0.2) is 11.8 Å². The van der Waals surface area contributed by atoms with Gasteiger partial charge in [-0.1, -0.05) is 5.11 Å². The third kappa shape index (κ3) is 2.34. The van der Waals surface area contributed by atoms with Crippen molar-refractivity contribution in [1.82, 2.24) is 5.32 Å². The number of carbonyl (C=O) groups excluding carboxylic acids is 1. The van der Waals surface area contributed by atoms with Crippen molar-refractivity contribution in [2.75, 3.05) is 5.88 Å². The van der Waals surface area contributed by atoms with Gasteiger partial charge in [-0.15, -0.1) is 0 Å². The third-order valence-electron chi connectivity index (χ3n) is 1.85. The van der Waals surface area contributed by atoms with Crippen molar-refractivity contribution in [3.05, 3.63) is 39.3 Å². The number of benzene rings is 1. The second-order valence-electron chi connectivity index (χ2n) is 2.83. The monoisotopic (exact) mass is 280 g/mol. The van der Waals surface area contributed by atoms with Crippen LogP contribution in [0.15, 0.2) is 5.11 Å². The van der Waals surface area contributed by atoms with Crippen molar-refractivity contribution in [3.8, 4) is 0 Å². The minimum Gasteiger partial charge on any atom is -0.343 e. The maximum Gasteiger partial charge on any atom is 0.258 e. The third-order valence-corrected chi connectivity index (χ3v) is 2.01. The molecule has 0 fully saturated rings. The fourth-order valence-corrected chi connectivity index (χ4v) is 1.26. The van der Waals surface area contributed by atoms with Crippen molar-refractivity contribution in [1.29, 1.82) is 0 Å². The molecule has 5 nitrogen and oxygen atoms in total. The number of nitrogens with one attached hydrogen (secondary N) is 1. The Labute approximate surface area is 103 Å². The quantitative estimate of drug-likeness (QED) is 0.167. The van der Waals surface area contributed by atoms with Crippen molar-refractivity contribution >= 4 is 24.2 Å². The van der Waals surface area contributed by atoms with Gasteiger partial charge >= 0.3 is 0 Å². The van der Waals surface area contributed by atoms with Crippen molar-refractivity contribution < 1.29 is 22.4 Å². The molecular formula is C8H4F4N4OS. The van der Waals surface area contributed by atoms with Crippen molar-refractivity contribution in [3.63, 3.8) is 0 Å². The van der Waals surface area contributed by atoms with Gasteiger partial charge in [0.15, 0.2) is 23.3 Å². The SMILES string of the molecule is [N-]=[N+]=Nc1c(F)c(F)c(C(=O)NCS)c(F)c1F. The molecule has 0 saturated heterocycles. The largest absolute Gasteiger partial charge is 0.343 e. The zero-order chi connectivity index (χ0) is 13.9. The summed E-state index contributed by atoms with van der Waals surface area (Å²) in [6, 6.07) is 0. The maximum absolute atomic E-state index is 13.3. The van der Waals surface area contributed by atoms with Crippen LogP contribution in [0.2, 0.25) is 0 Å². The molecule has 0 heterocycles. The highest BCUT2D eigenvalue weighted by molar-refractivity contribution is 7.80. The van der Waals surface area contributed by atoms with Gasteiger partial charge in [-0.25, -0.2) is 17.6 Å². The lowest BCUT2D eigenvalue weighted by molar-refractivity contribution is 0.0950. The molecule has 0 spiro atoms. The molecule has 0 unspecified atom stereocenters. The topological polar surface area (TPSA) is 77.9 Å². The van der Waals surface area contributed by atoms with Crippen molar-refractivity contribution in [2.45, 2.75) is 0 Å². The first kappa shape index (κ1) is 14.1. The smallest absolute Gasteiger partial charge is 0.258 e. The van der Waals surface area contributed by atoms with Gasteiger partial charge in [0.05, 0.1) is 5.88 Å². The molecule has 96 valence electrons. The average molecular weight is 280 g/mol. The lowest BCUT2D eigenvalue weighted by Gasteiger charge is -2.08. The van der Waals surface area contributed by atoms with E-state index in [9.17, 15) is 22.4 Å². The Kier molecular flexibility index (Phi) is 4.40. The fraction of sp³-hybridized carbons (Fsp3) is 0.125. The first-order valence-electron chi connectivity index (χ1n) is 4.25. The molecule has 1 N–H and O–H groups in total. The van der Waals surface area contributed by atoms with E-state index in [4.69, 9.17) is 5.53 Å². The maximum atomic E-state index is 13.3. The molecule has 1 rings (SSSR count). The van der Waals surface area contributed by atoms with E-state index in [1.807, 2.05) is 10.2 Å². The summed E-state index contributed by atoms with van der Waals surface area (Å²) in [6.45, 7) is 0. The van der Waals surface area contributed by atoms with E-state index in [0.717, 1.165) is 0 Å². The van der Waals surface area contributed by atoms with E-state index in [2.05, 4.69) is 17.7 Å². The molecule has 0 aliphatic carbocycles. The van der Waals surface area contributed by atoms with Crippen LogP contribution in [0.4, 0.5) is 23.2 Å². The van der Waals surface area contributed by atoms with Gasteiger partial charge in [-0.05, 0) is 5.53 Å². The molecule has 1 amide bonds. The van der Waals surface area contributed by atoms with Gasteiger partial charge in [-0.3, -0.25) is 4.79 Å². The number of rotatable bonds is 3. The van der Waals surface area contributed by atoms with Crippen LogP contribution in [0.1, 0.15) is 10.4 Å². The number of halogens is 4. The van der Waals surface area contributed by atoms with Crippen LogP contribution >= 0.6 is 12.6 Å². The molecule has 1 aromatic carbocycles. The van der Waals surface area contributed by atoms with E-state index in [1.54, 1.807) is 0 Å². The molecule has 1 aromatic rings. The van der Waals surface area contributed by atoms with E-state index in [-0.39, 0.29) is 5.88 Å². The molecular weight excluding hydrogens is 276 g/mol. The Morgan fingerprint density at radius 3 is 2.11 bits per heavy atom. The normalized spacial score (nSPS) is 9.83. The molecule has 0 aliphatic heterocycles. The summed E-state index contributed by atoms with van der Waals surface area (Å²) in [4.78, 5) is 13.2. The van der Waals surface area contributed by atoms with Gasteiger partial charge in [0, 0.05) is 4.91 Å². The van der Waals surface area contributed by atoms with E-state index >= 15 is 0 Å². The second-order valence-corrected chi connectivity index (χ2v) is 3.15. The Morgan fingerprint density at radius 1 is 1.22 bits per heavy atom. The van der Waals surface area contributed by atoms with Gasteiger partial charge in [0.1, 0.15) is 11.3 Å². The predicted octanol–water partition coefficient (Wildman–Crippen LogP) is 2.80. The van der Waals surface area contributed by atoms with Crippen LogP contribution in [0, 0.1) is 23.3 Å². The molecule has 0 atom stereocenters. The summed E-state index contributed by atoms with van der Waals surface area (Å²) in [7, 11) is 0. The summed E-state index contributed by atoms with van der Waals surface area (Å²) >= 11 is 3.55. The number of hydrogen-bond acceptors (Lipinski definition) is 3. The highest BCUT2D eigenvalue weighted by Gasteiger charge is 2.28. The molecule has 0 bridgehead atoms. The summed E-state index contributed by atoms with van der Waals surface area (Å²) < 4.78 is 53.2. The zero-order valence-corrected chi connectivity index (χ0v) is 9.31. The molecule has 18 heavy (non-hydrogen) atoms. The molecule has 10 heteroatoms. The Bertz CT molecular complexity index is 530. The van der Waals surface area contributed by atoms with Crippen LogP contribution in [0.3, 0.4) is 0 Å². The first-order chi connectivity index (χ1) is 8.45. The zero-order valence-electron chi connectivity index (χ0n) is 8.42. The van der Waals surface area contributed by atoms with E-state index in [1.165, 1.54) is 0 Å². The van der Waals surface area contributed by atoms with E-state index < -0.39 is 40.4 Å². The number of thiol groups is 1. The number of nitrogens with zero attached hydrogens (tertiary/aromatic N) is 3. The Morgan fingerprint density at radius 2 is 1.72 bits per heavy atom. The van der Waals surface area contributed by atoms with Gasteiger partial charge < -0.3 is 5.32 Å². The number of carbonyl (C=O) groups is 1.